The summed E-state index contributed by atoms with van der Waals surface area (Å²) in [6.45, 7) is 0. The van der Waals surface area contributed by atoms with Gasteiger partial charge in [-0.3, -0.25) is 4.68 Å². The highest BCUT2D eigenvalue weighted by molar-refractivity contribution is 9.10. The van der Waals surface area contributed by atoms with Crippen molar-refractivity contribution in [3.05, 3.63) is 29.1 Å². The molecule has 1 fully saturated rings. The summed E-state index contributed by atoms with van der Waals surface area (Å²) in [5.74, 6) is 0. The van der Waals surface area contributed by atoms with Crippen molar-refractivity contribution in [1.29, 1.82) is 0 Å². The minimum Gasteiger partial charge on any atom is -0.394 e. The predicted molar refractivity (Wildman–Crippen MR) is 66.1 cm³/mol. The molecule has 1 aromatic heterocycles. The minimum atomic E-state index is -0.0320. The largest absolute Gasteiger partial charge is 0.394 e. The molecule has 5 heteroatoms. The van der Waals surface area contributed by atoms with Gasteiger partial charge in [-0.25, -0.2) is 0 Å². The van der Waals surface area contributed by atoms with Crippen molar-refractivity contribution in [2.24, 2.45) is 0 Å². The Morgan fingerprint density at radius 2 is 2.44 bits per heavy atom. The van der Waals surface area contributed by atoms with E-state index in [0.717, 1.165) is 17.3 Å². The molecule has 0 saturated heterocycles. The van der Waals surface area contributed by atoms with Crippen molar-refractivity contribution in [2.75, 3.05) is 14.2 Å². The average Bonchev–Trinajstić information content (AvgIpc) is 2.64. The van der Waals surface area contributed by atoms with Crippen molar-refractivity contribution in [3.8, 4) is 0 Å². The number of aromatic nitrogens is 2. The zero-order valence-corrected chi connectivity index (χ0v) is 11.1. The topological polar surface area (TPSA) is 39.1 Å². The Hall–Kier alpha value is -0.810. The molecule has 0 spiro atoms. The maximum absolute atomic E-state index is 5.34. The van der Waals surface area contributed by atoms with Crippen LogP contribution in [0.1, 0.15) is 12.8 Å². The summed E-state index contributed by atoms with van der Waals surface area (Å²) in [5, 5.41) is 7.39. The molecule has 16 heavy (non-hydrogen) atoms. The van der Waals surface area contributed by atoms with E-state index in [9.17, 15) is 0 Å². The van der Waals surface area contributed by atoms with Gasteiger partial charge < -0.3 is 10.1 Å². The van der Waals surface area contributed by atoms with Gasteiger partial charge in [-0.15, -0.1) is 0 Å². The van der Waals surface area contributed by atoms with Crippen LogP contribution in [-0.4, -0.2) is 30.0 Å². The van der Waals surface area contributed by atoms with Gasteiger partial charge in [-0.05, 0) is 28.2 Å². The molecule has 4 nitrogen and oxygen atoms in total. The number of rotatable bonds is 4. The first-order chi connectivity index (χ1) is 7.70. The highest BCUT2D eigenvalue weighted by Gasteiger charge is 2.44. The van der Waals surface area contributed by atoms with Gasteiger partial charge in [0.2, 0.25) is 0 Å². The van der Waals surface area contributed by atoms with E-state index in [1.807, 2.05) is 30.3 Å². The minimum absolute atomic E-state index is 0.0320. The Morgan fingerprint density at radius 3 is 2.94 bits per heavy atom. The van der Waals surface area contributed by atoms with Crippen LogP contribution in [0.15, 0.2) is 29.1 Å². The molecule has 1 saturated carbocycles. The second-order valence-corrected chi connectivity index (χ2v) is 5.01. The first-order valence-electron chi connectivity index (χ1n) is 5.28. The van der Waals surface area contributed by atoms with Crippen molar-refractivity contribution in [3.63, 3.8) is 0 Å². The van der Waals surface area contributed by atoms with Gasteiger partial charge in [0, 0.05) is 33.2 Å². The second kappa shape index (κ2) is 4.59. The lowest BCUT2D eigenvalue weighted by molar-refractivity contribution is -0.0327. The zero-order chi connectivity index (χ0) is 11.6. The summed E-state index contributed by atoms with van der Waals surface area (Å²) in [4.78, 5) is 0. The SMILES string of the molecule is CN/C=C/[C@]1(n2cc(Br)cn2)C[C@H](OC)C1. The predicted octanol–water partition coefficient (Wildman–Crippen LogP) is 1.88. The fourth-order valence-corrected chi connectivity index (χ4v) is 2.36. The van der Waals surface area contributed by atoms with E-state index >= 15 is 0 Å². The summed E-state index contributed by atoms with van der Waals surface area (Å²) in [6.07, 6.45) is 10.2. The average molecular weight is 286 g/mol. The number of hydrogen-bond donors (Lipinski definition) is 1. The molecular weight excluding hydrogens is 270 g/mol. The van der Waals surface area contributed by atoms with Crippen LogP contribution >= 0.6 is 15.9 Å². The van der Waals surface area contributed by atoms with Crippen molar-refractivity contribution >= 4 is 15.9 Å². The smallest absolute Gasteiger partial charge is 0.0873 e. The lowest BCUT2D eigenvalue weighted by Gasteiger charge is -2.45. The lowest BCUT2D eigenvalue weighted by atomic mass is 9.74. The van der Waals surface area contributed by atoms with Crippen LogP contribution in [0, 0.1) is 0 Å². The molecule has 1 aliphatic carbocycles. The van der Waals surface area contributed by atoms with E-state index in [2.05, 4.69) is 32.4 Å². The number of nitrogens with one attached hydrogen (secondary N) is 1. The van der Waals surface area contributed by atoms with Crippen molar-refractivity contribution in [2.45, 2.75) is 24.5 Å². The summed E-state index contributed by atoms with van der Waals surface area (Å²) < 4.78 is 8.35. The molecule has 1 aromatic rings. The fraction of sp³-hybridized carbons (Fsp3) is 0.545. The van der Waals surface area contributed by atoms with Gasteiger partial charge in [0.05, 0.1) is 22.3 Å². The lowest BCUT2D eigenvalue weighted by Crippen LogP contribution is -2.49. The van der Waals surface area contributed by atoms with Gasteiger partial charge in [0.1, 0.15) is 0 Å². The van der Waals surface area contributed by atoms with Gasteiger partial charge in [-0.1, -0.05) is 0 Å². The molecule has 0 aromatic carbocycles. The summed E-state index contributed by atoms with van der Waals surface area (Å²) in [5.41, 5.74) is -0.0320. The molecule has 0 unspecified atom stereocenters. The number of hydrogen-bond acceptors (Lipinski definition) is 3. The highest BCUT2D eigenvalue weighted by Crippen LogP contribution is 2.42. The number of nitrogens with zero attached hydrogens (tertiary/aromatic N) is 2. The molecule has 2 rings (SSSR count). The molecule has 1 aliphatic rings. The van der Waals surface area contributed by atoms with E-state index in [1.165, 1.54) is 0 Å². The summed E-state index contributed by atoms with van der Waals surface area (Å²) in [6, 6.07) is 0. The third kappa shape index (κ3) is 2.01. The highest BCUT2D eigenvalue weighted by atomic mass is 79.9. The Kier molecular flexibility index (Phi) is 3.35. The monoisotopic (exact) mass is 285 g/mol. The van der Waals surface area contributed by atoms with E-state index in [0.29, 0.717) is 6.10 Å². The first kappa shape index (κ1) is 11.7. The van der Waals surface area contributed by atoms with E-state index in [-0.39, 0.29) is 5.54 Å². The molecule has 1 heterocycles. The molecule has 0 amide bonds. The first-order valence-corrected chi connectivity index (χ1v) is 6.08. The number of ether oxygens (including phenoxy) is 1. The van der Waals surface area contributed by atoms with Crippen LogP contribution in [0.3, 0.4) is 0 Å². The van der Waals surface area contributed by atoms with Crippen LogP contribution in [0.25, 0.3) is 0 Å². The summed E-state index contributed by atoms with van der Waals surface area (Å²) in [7, 11) is 3.66. The van der Waals surface area contributed by atoms with E-state index in [4.69, 9.17) is 4.74 Å². The van der Waals surface area contributed by atoms with Crippen molar-refractivity contribution in [1.82, 2.24) is 15.1 Å². The molecule has 0 radical (unpaired) electrons. The maximum atomic E-state index is 5.34. The summed E-state index contributed by atoms with van der Waals surface area (Å²) >= 11 is 3.42. The van der Waals surface area contributed by atoms with Gasteiger partial charge in [-0.2, -0.15) is 5.10 Å². The van der Waals surface area contributed by atoms with E-state index in [1.54, 1.807) is 7.11 Å². The third-order valence-corrected chi connectivity index (χ3v) is 3.47. The number of halogens is 1. The van der Waals surface area contributed by atoms with Gasteiger partial charge in [0.25, 0.3) is 0 Å². The molecular formula is C11H16BrN3O. The normalized spacial score (nSPS) is 29.3. The number of methoxy groups -OCH3 is 1. The third-order valence-electron chi connectivity index (χ3n) is 3.06. The Balaban J connectivity index is 2.20. The van der Waals surface area contributed by atoms with Crippen molar-refractivity contribution < 1.29 is 4.74 Å². The van der Waals surface area contributed by atoms with Crippen LogP contribution in [0.2, 0.25) is 0 Å². The Labute approximate surface area is 104 Å². The maximum Gasteiger partial charge on any atom is 0.0873 e. The van der Waals surface area contributed by atoms with Crippen LogP contribution in [0.5, 0.6) is 0 Å². The van der Waals surface area contributed by atoms with Gasteiger partial charge in [0.15, 0.2) is 0 Å². The van der Waals surface area contributed by atoms with Crippen LogP contribution < -0.4 is 5.32 Å². The molecule has 1 N–H and O–H groups in total. The zero-order valence-electron chi connectivity index (χ0n) is 9.48. The molecule has 0 atom stereocenters. The standard InChI is InChI=1S/C11H16BrN3O/c1-13-4-3-11(5-10(6-11)16-2)15-8-9(12)7-14-15/h3-4,7-8,10,13H,5-6H2,1-2H3/b4-3+/t10-,11-. The Bertz CT molecular complexity index is 382. The van der Waals surface area contributed by atoms with Gasteiger partial charge >= 0.3 is 0 Å². The number of allylic oxidation sites excluding steroid dienone is 1. The van der Waals surface area contributed by atoms with Crippen LogP contribution in [0.4, 0.5) is 0 Å². The second-order valence-electron chi connectivity index (χ2n) is 4.09. The quantitative estimate of drug-likeness (QED) is 0.918. The molecule has 88 valence electrons. The Morgan fingerprint density at radius 1 is 1.69 bits per heavy atom. The van der Waals surface area contributed by atoms with Crippen LogP contribution in [-0.2, 0) is 10.3 Å². The molecule has 0 aliphatic heterocycles. The van der Waals surface area contributed by atoms with E-state index < -0.39 is 0 Å². The molecule has 0 bridgehead atoms. The fourth-order valence-electron chi connectivity index (χ4n) is 2.08.